The van der Waals surface area contributed by atoms with Crippen molar-refractivity contribution in [2.75, 3.05) is 5.32 Å². The molecule has 1 aliphatic rings. The van der Waals surface area contributed by atoms with Crippen molar-refractivity contribution >= 4 is 28.4 Å². The van der Waals surface area contributed by atoms with Crippen molar-refractivity contribution in [3.63, 3.8) is 0 Å². The summed E-state index contributed by atoms with van der Waals surface area (Å²) in [5, 5.41) is 12.1. The third kappa shape index (κ3) is 2.44. The summed E-state index contributed by atoms with van der Waals surface area (Å²) in [7, 11) is 0. The molecule has 0 bridgehead atoms. The van der Waals surface area contributed by atoms with E-state index in [-0.39, 0.29) is 16.5 Å². The number of nitrogens with zero attached hydrogens (tertiary/aromatic N) is 2. The number of aromatic carboxylic acids is 1. The Morgan fingerprint density at radius 2 is 2.24 bits per heavy atom. The van der Waals surface area contributed by atoms with E-state index in [1.54, 1.807) is 13.0 Å². The van der Waals surface area contributed by atoms with Crippen LogP contribution in [0, 0.1) is 6.92 Å². The van der Waals surface area contributed by atoms with E-state index in [0.717, 1.165) is 24.4 Å². The molecule has 2 N–H and O–H groups in total. The third-order valence-corrected chi connectivity index (χ3v) is 4.64. The topological polar surface area (TPSA) is 84.2 Å². The summed E-state index contributed by atoms with van der Waals surface area (Å²) in [6.07, 6.45) is 5.24. The lowest BCUT2D eigenvalue weighted by Gasteiger charge is -2.28. The molecule has 0 atom stereocenters. The first-order valence-corrected chi connectivity index (χ1v) is 7.53. The van der Waals surface area contributed by atoms with Gasteiger partial charge in [0.2, 0.25) is 0 Å². The predicted molar refractivity (Wildman–Crippen MR) is 79.1 cm³/mol. The predicted octanol–water partition coefficient (Wildman–Crippen LogP) is 2.93. The van der Waals surface area contributed by atoms with E-state index < -0.39 is 5.97 Å². The van der Waals surface area contributed by atoms with E-state index in [1.807, 2.05) is 16.8 Å². The van der Waals surface area contributed by atoms with Crippen LogP contribution in [0.3, 0.4) is 0 Å². The Hall–Kier alpha value is -2.15. The largest absolute Gasteiger partial charge is 0.478 e. The number of anilines is 1. The number of hydrogen-bond acceptors (Lipinski definition) is 4. The van der Waals surface area contributed by atoms with Crippen molar-refractivity contribution in [1.29, 1.82) is 0 Å². The van der Waals surface area contributed by atoms with Crippen LogP contribution < -0.4 is 5.32 Å². The van der Waals surface area contributed by atoms with Crippen molar-refractivity contribution in [3.8, 4) is 0 Å². The number of carbonyl (C=O) groups excluding carboxylic acids is 1. The van der Waals surface area contributed by atoms with Crippen LogP contribution in [-0.4, -0.2) is 25.9 Å². The molecule has 0 spiro atoms. The average Bonchev–Trinajstić information content (AvgIpc) is 2.94. The number of aromatic nitrogens is 2. The number of rotatable bonds is 4. The van der Waals surface area contributed by atoms with Gasteiger partial charge < -0.3 is 15.0 Å². The number of carboxylic acids is 1. The molecule has 0 radical (unpaired) electrons. The molecule has 21 heavy (non-hydrogen) atoms. The highest BCUT2D eigenvalue weighted by molar-refractivity contribution is 7.11. The molecule has 0 unspecified atom stereocenters. The summed E-state index contributed by atoms with van der Waals surface area (Å²) in [5.74, 6) is -1.37. The summed E-state index contributed by atoms with van der Waals surface area (Å²) in [5.41, 5.74) is 1.04. The van der Waals surface area contributed by atoms with Crippen LogP contribution in [0.15, 0.2) is 18.3 Å². The highest BCUT2D eigenvalue weighted by Gasteiger charge is 2.25. The number of amides is 1. The van der Waals surface area contributed by atoms with Crippen molar-refractivity contribution in [1.82, 2.24) is 8.94 Å². The second kappa shape index (κ2) is 5.33. The maximum absolute atomic E-state index is 12.4. The standard InChI is InChI=1S/C14H15N3O3S/c1-8-11(14(19)20)13(21-16-8)15-12(18)10-6-3-7-17(10)9-4-2-5-9/h3,6-7,9H,2,4-5H2,1H3,(H,15,18)(H,19,20). The first kappa shape index (κ1) is 13.8. The first-order chi connectivity index (χ1) is 10.1. The second-order valence-corrected chi connectivity index (χ2v) is 5.89. The van der Waals surface area contributed by atoms with Gasteiger partial charge in [-0.15, -0.1) is 0 Å². The Labute approximate surface area is 125 Å². The molecule has 0 saturated heterocycles. The maximum Gasteiger partial charge on any atom is 0.340 e. The highest BCUT2D eigenvalue weighted by Crippen LogP contribution is 2.33. The normalized spacial score (nSPS) is 14.7. The fourth-order valence-corrected chi connectivity index (χ4v) is 3.23. The van der Waals surface area contributed by atoms with E-state index in [9.17, 15) is 14.7 Å². The van der Waals surface area contributed by atoms with Gasteiger partial charge in [0.15, 0.2) is 0 Å². The van der Waals surface area contributed by atoms with Crippen molar-refractivity contribution in [3.05, 3.63) is 35.3 Å². The molecule has 6 nitrogen and oxygen atoms in total. The van der Waals surface area contributed by atoms with Gasteiger partial charge in [-0.3, -0.25) is 4.79 Å². The van der Waals surface area contributed by atoms with Crippen LogP contribution >= 0.6 is 11.5 Å². The highest BCUT2D eigenvalue weighted by atomic mass is 32.1. The minimum Gasteiger partial charge on any atom is -0.478 e. The Morgan fingerprint density at radius 1 is 1.48 bits per heavy atom. The molecule has 3 rings (SSSR count). The van der Waals surface area contributed by atoms with Gasteiger partial charge in [0.05, 0.1) is 5.69 Å². The zero-order valence-electron chi connectivity index (χ0n) is 11.5. The van der Waals surface area contributed by atoms with Crippen LogP contribution in [0.25, 0.3) is 0 Å². The number of carbonyl (C=O) groups is 2. The van der Waals surface area contributed by atoms with Gasteiger partial charge in [0.25, 0.3) is 5.91 Å². The molecule has 0 aliphatic heterocycles. The van der Waals surface area contributed by atoms with Crippen LogP contribution in [0.5, 0.6) is 0 Å². The minimum absolute atomic E-state index is 0.0649. The molecule has 2 aromatic heterocycles. The van der Waals surface area contributed by atoms with Crippen molar-refractivity contribution in [2.45, 2.75) is 32.2 Å². The van der Waals surface area contributed by atoms with Crippen LogP contribution in [0.1, 0.15) is 51.8 Å². The van der Waals surface area contributed by atoms with Gasteiger partial charge in [-0.1, -0.05) is 0 Å². The molecule has 0 aromatic carbocycles. The molecule has 1 aliphatic carbocycles. The van der Waals surface area contributed by atoms with Crippen LogP contribution in [0.2, 0.25) is 0 Å². The molecule has 2 aromatic rings. The summed E-state index contributed by atoms with van der Waals surface area (Å²) in [4.78, 5) is 23.6. The lowest BCUT2D eigenvalue weighted by Crippen LogP contribution is -2.23. The zero-order valence-corrected chi connectivity index (χ0v) is 12.3. The fourth-order valence-electron chi connectivity index (χ4n) is 2.44. The van der Waals surface area contributed by atoms with Gasteiger partial charge in [0.1, 0.15) is 16.3 Å². The van der Waals surface area contributed by atoms with Crippen LogP contribution in [-0.2, 0) is 0 Å². The third-order valence-electron chi connectivity index (χ3n) is 3.78. The second-order valence-electron chi connectivity index (χ2n) is 5.12. The van der Waals surface area contributed by atoms with Gasteiger partial charge in [-0.25, -0.2) is 4.79 Å². The summed E-state index contributed by atoms with van der Waals surface area (Å²) >= 11 is 0.992. The number of carboxylic acid groups (broad SMARTS) is 1. The Bertz CT molecular complexity index is 700. The SMILES string of the molecule is Cc1nsc(NC(=O)c2cccn2C2CCC2)c1C(=O)O. The van der Waals surface area contributed by atoms with E-state index in [0.29, 0.717) is 17.4 Å². The van der Waals surface area contributed by atoms with Crippen molar-refractivity contribution < 1.29 is 14.7 Å². The number of aryl methyl sites for hydroxylation is 1. The molecule has 1 amide bonds. The Balaban J connectivity index is 1.84. The van der Waals surface area contributed by atoms with E-state index in [2.05, 4.69) is 9.69 Å². The minimum atomic E-state index is -1.08. The monoisotopic (exact) mass is 305 g/mol. The Morgan fingerprint density at radius 3 is 2.86 bits per heavy atom. The molecule has 7 heteroatoms. The summed E-state index contributed by atoms with van der Waals surface area (Å²) in [6, 6.07) is 3.97. The summed E-state index contributed by atoms with van der Waals surface area (Å²) < 4.78 is 5.96. The molecular weight excluding hydrogens is 290 g/mol. The van der Waals surface area contributed by atoms with Gasteiger partial charge in [0, 0.05) is 12.2 Å². The average molecular weight is 305 g/mol. The van der Waals surface area contributed by atoms with E-state index >= 15 is 0 Å². The van der Waals surface area contributed by atoms with Gasteiger partial charge in [-0.05, 0) is 49.9 Å². The van der Waals surface area contributed by atoms with Crippen LogP contribution in [0.4, 0.5) is 5.00 Å². The molecular formula is C14H15N3O3S. The fraction of sp³-hybridized carbons (Fsp3) is 0.357. The smallest absolute Gasteiger partial charge is 0.340 e. The Kier molecular flexibility index (Phi) is 3.50. The molecule has 110 valence electrons. The quantitative estimate of drug-likeness (QED) is 0.909. The lowest BCUT2D eigenvalue weighted by molar-refractivity contribution is 0.0697. The maximum atomic E-state index is 12.4. The molecule has 1 fully saturated rings. The van der Waals surface area contributed by atoms with E-state index in [4.69, 9.17) is 0 Å². The van der Waals surface area contributed by atoms with Gasteiger partial charge >= 0.3 is 5.97 Å². The number of nitrogens with one attached hydrogen (secondary N) is 1. The van der Waals surface area contributed by atoms with Gasteiger partial charge in [-0.2, -0.15) is 4.37 Å². The number of hydrogen-bond donors (Lipinski definition) is 2. The zero-order chi connectivity index (χ0) is 15.0. The van der Waals surface area contributed by atoms with Crippen molar-refractivity contribution in [2.24, 2.45) is 0 Å². The first-order valence-electron chi connectivity index (χ1n) is 6.75. The molecule has 2 heterocycles. The van der Waals surface area contributed by atoms with E-state index in [1.165, 1.54) is 6.42 Å². The summed E-state index contributed by atoms with van der Waals surface area (Å²) in [6.45, 7) is 1.62. The lowest BCUT2D eigenvalue weighted by atomic mass is 9.93. The molecule has 1 saturated carbocycles.